The number of carbonyl (C=O) groups is 1. The molecule has 0 aliphatic heterocycles. The molecule has 4 atom stereocenters. The number of alkyl halides is 6. The summed E-state index contributed by atoms with van der Waals surface area (Å²) in [5.41, 5.74) is -6.04. The van der Waals surface area contributed by atoms with Crippen molar-refractivity contribution in [2.75, 3.05) is 0 Å². The van der Waals surface area contributed by atoms with Crippen LogP contribution in [0, 0.1) is 0 Å². The van der Waals surface area contributed by atoms with Crippen molar-refractivity contribution in [3.05, 3.63) is 47.0 Å². The van der Waals surface area contributed by atoms with Crippen LogP contribution in [0.4, 0.5) is 26.3 Å². The van der Waals surface area contributed by atoms with Gasteiger partial charge in [-0.05, 0) is 60.7 Å². The van der Waals surface area contributed by atoms with Crippen LogP contribution in [0.1, 0.15) is 82.3 Å². The zero-order valence-corrected chi connectivity index (χ0v) is 24.1. The van der Waals surface area contributed by atoms with E-state index in [2.05, 4.69) is 0 Å². The van der Waals surface area contributed by atoms with Crippen molar-refractivity contribution < 1.29 is 45.3 Å². The Morgan fingerprint density at radius 1 is 0.769 bits per heavy atom. The van der Waals surface area contributed by atoms with E-state index in [-0.39, 0.29) is 54.0 Å². The molecule has 39 heavy (non-hydrogen) atoms. The Balaban J connectivity index is 0.00000760. The van der Waals surface area contributed by atoms with E-state index in [4.69, 9.17) is 14.2 Å². The summed E-state index contributed by atoms with van der Waals surface area (Å²) in [7, 11) is -1.15. The van der Waals surface area contributed by atoms with Gasteiger partial charge < -0.3 is 14.2 Å². The van der Waals surface area contributed by atoms with Crippen molar-refractivity contribution in [1.82, 2.24) is 0 Å². The van der Waals surface area contributed by atoms with Gasteiger partial charge in [-0.15, -0.1) is 0 Å². The van der Waals surface area contributed by atoms with E-state index in [9.17, 15) is 31.1 Å². The van der Waals surface area contributed by atoms with E-state index < -0.39 is 43.1 Å². The van der Waals surface area contributed by atoms with Gasteiger partial charge in [-0.1, -0.05) is 26.8 Å². The SMILES string of the molecule is CCC(C)Oc1cc(OC(C)CC)c(PC(=O)c2c(C(F)(F)F)cccc2C(F)(F)F)c(OC(C)CC)c1.[Li]. The van der Waals surface area contributed by atoms with Gasteiger partial charge in [0.15, 0.2) is 5.52 Å². The minimum Gasteiger partial charge on any atom is -0.490 e. The maximum absolute atomic E-state index is 13.7. The fourth-order valence-corrected chi connectivity index (χ4v) is 4.43. The molecule has 2 rings (SSSR count). The van der Waals surface area contributed by atoms with E-state index in [1.807, 2.05) is 27.7 Å². The molecule has 0 spiro atoms. The van der Waals surface area contributed by atoms with Crippen molar-refractivity contribution in [3.8, 4) is 17.2 Å². The summed E-state index contributed by atoms with van der Waals surface area (Å²) in [4.78, 5) is 13.3. The van der Waals surface area contributed by atoms with Crippen molar-refractivity contribution in [2.24, 2.45) is 0 Å². The molecule has 0 N–H and O–H groups in total. The van der Waals surface area contributed by atoms with E-state index in [1.54, 1.807) is 13.8 Å². The van der Waals surface area contributed by atoms with Gasteiger partial charge in [0.05, 0.1) is 34.7 Å². The van der Waals surface area contributed by atoms with E-state index >= 15 is 0 Å². The standard InChI is InChI=1S/C27H33F6O4P.Li/c1-7-15(4)35-18-13-21(36-16(5)8-2)24(22(14-18)37-17(6)9-3)38-25(34)23-19(26(28,29)30)11-10-12-20(23)27(31,32)33;/h10-17,38H,7-9H2,1-6H3;. The molecular formula is C27H33F6LiO4P. The number of ether oxygens (including phenoxy) is 3. The molecule has 0 amide bonds. The molecule has 2 aromatic rings. The largest absolute Gasteiger partial charge is 0.490 e. The molecule has 0 aliphatic carbocycles. The van der Waals surface area contributed by atoms with Crippen LogP contribution in [0.2, 0.25) is 0 Å². The van der Waals surface area contributed by atoms with Gasteiger partial charge in [0.25, 0.3) is 0 Å². The van der Waals surface area contributed by atoms with Crippen molar-refractivity contribution >= 4 is 38.3 Å². The maximum Gasteiger partial charge on any atom is 0.417 e. The van der Waals surface area contributed by atoms with Crippen molar-refractivity contribution in [1.29, 1.82) is 0 Å². The van der Waals surface area contributed by atoms with Crippen LogP contribution in [0.25, 0.3) is 0 Å². The van der Waals surface area contributed by atoms with Crippen molar-refractivity contribution in [3.63, 3.8) is 0 Å². The quantitative estimate of drug-likeness (QED) is 0.147. The summed E-state index contributed by atoms with van der Waals surface area (Å²) in [6.45, 7) is 11.0. The second kappa shape index (κ2) is 14.7. The Kier molecular flexibility index (Phi) is 13.2. The fourth-order valence-electron chi connectivity index (χ4n) is 3.30. The van der Waals surface area contributed by atoms with Gasteiger partial charge in [-0.3, -0.25) is 4.79 Å². The zero-order valence-electron chi connectivity index (χ0n) is 23.1. The van der Waals surface area contributed by atoms with Crippen LogP contribution in [0.5, 0.6) is 17.2 Å². The smallest absolute Gasteiger partial charge is 0.417 e. The average molecular weight is 573 g/mol. The Labute approximate surface area is 239 Å². The fraction of sp³-hybridized carbons (Fsp3) is 0.519. The molecule has 0 saturated heterocycles. The normalized spacial score (nSPS) is 14.5. The predicted molar refractivity (Wildman–Crippen MR) is 142 cm³/mol. The first-order valence-corrected chi connectivity index (χ1v) is 13.4. The van der Waals surface area contributed by atoms with Crippen LogP contribution >= 0.6 is 8.58 Å². The number of hydrogen-bond acceptors (Lipinski definition) is 4. The molecule has 2 aromatic carbocycles. The Morgan fingerprint density at radius 3 is 1.51 bits per heavy atom. The molecule has 0 aliphatic rings. The number of hydrogen-bond donors (Lipinski definition) is 0. The average Bonchev–Trinajstić information content (AvgIpc) is 2.83. The topological polar surface area (TPSA) is 44.8 Å². The van der Waals surface area contributed by atoms with E-state index in [0.29, 0.717) is 43.2 Å². The number of benzene rings is 2. The zero-order chi connectivity index (χ0) is 28.8. The summed E-state index contributed by atoms with van der Waals surface area (Å²) in [6.07, 6.45) is -9.46. The van der Waals surface area contributed by atoms with Gasteiger partial charge in [0.1, 0.15) is 17.2 Å². The van der Waals surface area contributed by atoms with Gasteiger partial charge in [-0.2, -0.15) is 26.3 Å². The molecule has 0 fully saturated rings. The van der Waals surface area contributed by atoms with Gasteiger partial charge in [0.2, 0.25) is 0 Å². The Morgan fingerprint density at radius 2 is 1.15 bits per heavy atom. The summed E-state index contributed by atoms with van der Waals surface area (Å²) in [6, 6.07) is 4.59. The van der Waals surface area contributed by atoms with Crippen LogP contribution in [-0.2, 0) is 12.4 Å². The molecule has 4 nitrogen and oxygen atoms in total. The first kappa shape index (κ1) is 35.1. The minimum atomic E-state index is -5.17. The first-order valence-electron chi connectivity index (χ1n) is 12.4. The van der Waals surface area contributed by atoms with Crippen LogP contribution in [0.15, 0.2) is 30.3 Å². The van der Waals surface area contributed by atoms with Crippen LogP contribution in [0.3, 0.4) is 0 Å². The van der Waals surface area contributed by atoms with Crippen molar-refractivity contribution in [2.45, 2.75) is 91.5 Å². The monoisotopic (exact) mass is 573 g/mol. The number of halogens is 6. The number of carbonyl (C=O) groups excluding carboxylic acids is 1. The third kappa shape index (κ3) is 9.62. The summed E-state index contributed by atoms with van der Waals surface area (Å²) in [5, 5.41) is 0.0807. The van der Waals surface area contributed by atoms with Crippen LogP contribution in [-0.4, -0.2) is 42.7 Å². The summed E-state index contributed by atoms with van der Waals surface area (Å²) >= 11 is 0. The molecule has 12 heteroatoms. The predicted octanol–water partition coefficient (Wildman–Crippen LogP) is 8.02. The van der Waals surface area contributed by atoms with Crippen LogP contribution < -0.4 is 19.5 Å². The Hall–Kier alpha value is -1.88. The second-order valence-electron chi connectivity index (χ2n) is 8.98. The molecule has 1 radical (unpaired) electrons. The minimum absolute atomic E-state index is 0. The number of rotatable bonds is 12. The van der Waals surface area contributed by atoms with Gasteiger partial charge in [0, 0.05) is 36.6 Å². The molecular weight excluding hydrogens is 540 g/mol. The second-order valence-corrected chi connectivity index (χ2v) is 10.2. The molecule has 4 unspecified atom stereocenters. The molecule has 0 bridgehead atoms. The Bertz CT molecular complexity index is 1040. The van der Waals surface area contributed by atoms with Gasteiger partial charge >= 0.3 is 12.4 Å². The van der Waals surface area contributed by atoms with E-state index in [1.165, 1.54) is 12.1 Å². The third-order valence-electron chi connectivity index (χ3n) is 5.90. The van der Waals surface area contributed by atoms with E-state index in [0.717, 1.165) is 0 Å². The summed E-state index contributed by atoms with van der Waals surface area (Å²) in [5.74, 6) is 0.579. The van der Waals surface area contributed by atoms with Gasteiger partial charge in [-0.25, -0.2) is 0 Å². The first-order chi connectivity index (χ1) is 17.6. The maximum atomic E-state index is 13.7. The summed E-state index contributed by atoms with van der Waals surface area (Å²) < 4.78 is 100. The molecule has 0 saturated carbocycles. The molecule has 213 valence electrons. The molecule has 0 aromatic heterocycles. The third-order valence-corrected chi connectivity index (χ3v) is 7.12. The molecule has 0 heterocycles.